The summed E-state index contributed by atoms with van der Waals surface area (Å²) in [6.07, 6.45) is 8.16. The van der Waals surface area contributed by atoms with Crippen molar-refractivity contribution in [2.45, 2.75) is 63.6 Å². The van der Waals surface area contributed by atoms with Crippen molar-refractivity contribution in [1.29, 1.82) is 0 Å². The molecule has 0 bridgehead atoms. The van der Waals surface area contributed by atoms with E-state index in [0.717, 1.165) is 31.8 Å². The van der Waals surface area contributed by atoms with Crippen LogP contribution in [0.5, 0.6) is 0 Å². The molecule has 2 heterocycles. The van der Waals surface area contributed by atoms with E-state index in [2.05, 4.69) is 20.3 Å². The van der Waals surface area contributed by atoms with Gasteiger partial charge in [0.1, 0.15) is 0 Å². The fourth-order valence-corrected chi connectivity index (χ4v) is 3.86. The molecule has 3 atom stereocenters. The van der Waals surface area contributed by atoms with Gasteiger partial charge in [0.15, 0.2) is 5.82 Å². The van der Waals surface area contributed by atoms with Gasteiger partial charge in [0.25, 0.3) is 0 Å². The summed E-state index contributed by atoms with van der Waals surface area (Å²) < 4.78 is 0. The predicted molar refractivity (Wildman–Crippen MR) is 74.8 cm³/mol. The standard InChI is InChI=1S/C14H25N5O/c1-18-16-14(15-17-18)10-19-9-5-4-7-12(19)11-6-2-3-8-13(11)20/h11-13,20H,2-10H2,1H3. The highest BCUT2D eigenvalue weighted by Gasteiger charge is 2.35. The highest BCUT2D eigenvalue weighted by atomic mass is 16.3. The van der Waals surface area contributed by atoms with E-state index in [9.17, 15) is 5.11 Å². The van der Waals surface area contributed by atoms with Crippen molar-refractivity contribution >= 4 is 0 Å². The molecule has 1 saturated carbocycles. The minimum Gasteiger partial charge on any atom is -0.393 e. The summed E-state index contributed by atoms with van der Waals surface area (Å²) in [5, 5.41) is 22.6. The average molecular weight is 279 g/mol. The fourth-order valence-electron chi connectivity index (χ4n) is 3.86. The van der Waals surface area contributed by atoms with E-state index in [1.165, 1.54) is 36.9 Å². The molecule has 1 N–H and O–H groups in total. The quantitative estimate of drug-likeness (QED) is 0.898. The second-order valence-electron chi connectivity index (χ2n) is 6.24. The topological polar surface area (TPSA) is 67.1 Å². The van der Waals surface area contributed by atoms with Crippen LogP contribution in [0.3, 0.4) is 0 Å². The Morgan fingerprint density at radius 3 is 2.70 bits per heavy atom. The Kier molecular flexibility index (Phi) is 4.31. The van der Waals surface area contributed by atoms with E-state index in [4.69, 9.17) is 0 Å². The summed E-state index contributed by atoms with van der Waals surface area (Å²) in [5.41, 5.74) is 0. The fraction of sp³-hybridized carbons (Fsp3) is 0.929. The minimum atomic E-state index is -0.121. The Labute approximate surface area is 120 Å². The van der Waals surface area contributed by atoms with Crippen molar-refractivity contribution in [3.63, 3.8) is 0 Å². The molecule has 6 heteroatoms. The first-order chi connectivity index (χ1) is 9.74. The molecule has 112 valence electrons. The Morgan fingerprint density at radius 1 is 1.15 bits per heavy atom. The van der Waals surface area contributed by atoms with Gasteiger partial charge in [-0.2, -0.15) is 4.80 Å². The van der Waals surface area contributed by atoms with Crippen LogP contribution in [0.15, 0.2) is 0 Å². The van der Waals surface area contributed by atoms with E-state index in [0.29, 0.717) is 12.0 Å². The van der Waals surface area contributed by atoms with Gasteiger partial charge in [0.05, 0.1) is 19.7 Å². The molecule has 6 nitrogen and oxygen atoms in total. The second-order valence-corrected chi connectivity index (χ2v) is 6.24. The zero-order valence-corrected chi connectivity index (χ0v) is 12.3. The third-order valence-electron chi connectivity index (χ3n) is 4.83. The van der Waals surface area contributed by atoms with Crippen molar-refractivity contribution < 1.29 is 5.11 Å². The Hall–Kier alpha value is -1.01. The van der Waals surface area contributed by atoms with Crippen LogP contribution in [0, 0.1) is 5.92 Å². The summed E-state index contributed by atoms with van der Waals surface area (Å²) >= 11 is 0. The molecule has 3 rings (SSSR count). The van der Waals surface area contributed by atoms with Gasteiger partial charge in [-0.25, -0.2) is 0 Å². The largest absolute Gasteiger partial charge is 0.393 e. The van der Waals surface area contributed by atoms with E-state index in [1.807, 2.05) is 0 Å². The SMILES string of the molecule is Cn1nnc(CN2CCCCC2C2CCCCC2O)n1. The zero-order chi connectivity index (χ0) is 13.9. The Morgan fingerprint density at radius 2 is 1.95 bits per heavy atom. The van der Waals surface area contributed by atoms with Gasteiger partial charge in [-0.15, -0.1) is 10.2 Å². The number of hydrogen-bond donors (Lipinski definition) is 1. The molecule has 1 aromatic rings. The van der Waals surface area contributed by atoms with Crippen LogP contribution in [0.1, 0.15) is 50.8 Å². The van der Waals surface area contributed by atoms with Gasteiger partial charge in [-0.1, -0.05) is 19.3 Å². The number of tetrazole rings is 1. The van der Waals surface area contributed by atoms with Gasteiger partial charge < -0.3 is 5.11 Å². The number of nitrogens with zero attached hydrogens (tertiary/aromatic N) is 5. The molecule has 0 spiro atoms. The lowest BCUT2D eigenvalue weighted by Crippen LogP contribution is -2.48. The van der Waals surface area contributed by atoms with Gasteiger partial charge in [-0.3, -0.25) is 4.90 Å². The van der Waals surface area contributed by atoms with Gasteiger partial charge in [-0.05, 0) is 37.4 Å². The molecule has 3 unspecified atom stereocenters. The first-order valence-electron chi connectivity index (χ1n) is 7.89. The van der Waals surface area contributed by atoms with Gasteiger partial charge >= 0.3 is 0 Å². The molecule has 0 amide bonds. The second kappa shape index (κ2) is 6.18. The van der Waals surface area contributed by atoms with E-state index in [1.54, 1.807) is 7.05 Å². The van der Waals surface area contributed by atoms with Crippen LogP contribution in [0.4, 0.5) is 0 Å². The third-order valence-corrected chi connectivity index (χ3v) is 4.83. The maximum atomic E-state index is 10.3. The molecular formula is C14H25N5O. The lowest BCUT2D eigenvalue weighted by Gasteiger charge is -2.43. The van der Waals surface area contributed by atoms with Crippen molar-refractivity contribution in [3.05, 3.63) is 5.82 Å². The molecule has 1 aromatic heterocycles. The average Bonchev–Trinajstić information content (AvgIpc) is 2.86. The third kappa shape index (κ3) is 3.01. The molecule has 2 aliphatic rings. The van der Waals surface area contributed by atoms with Crippen LogP contribution in [-0.4, -0.2) is 48.9 Å². The van der Waals surface area contributed by atoms with Crippen molar-refractivity contribution in [3.8, 4) is 0 Å². The number of piperidine rings is 1. The predicted octanol–water partition coefficient (Wildman–Crippen LogP) is 1.12. The number of likely N-dealkylation sites (tertiary alicyclic amines) is 1. The van der Waals surface area contributed by atoms with E-state index in [-0.39, 0.29) is 6.10 Å². The van der Waals surface area contributed by atoms with E-state index < -0.39 is 0 Å². The molecule has 0 radical (unpaired) electrons. The number of aliphatic hydroxyl groups is 1. The molecule has 1 aliphatic heterocycles. The summed E-state index contributed by atoms with van der Waals surface area (Å²) in [6.45, 7) is 1.86. The molecule has 20 heavy (non-hydrogen) atoms. The highest BCUT2D eigenvalue weighted by molar-refractivity contribution is 4.91. The van der Waals surface area contributed by atoms with Crippen molar-refractivity contribution in [2.24, 2.45) is 13.0 Å². The molecule has 2 fully saturated rings. The lowest BCUT2D eigenvalue weighted by molar-refractivity contribution is -0.00948. The first kappa shape index (κ1) is 13.9. The Balaban J connectivity index is 1.69. The monoisotopic (exact) mass is 279 g/mol. The summed E-state index contributed by atoms with van der Waals surface area (Å²) in [4.78, 5) is 3.99. The van der Waals surface area contributed by atoms with Crippen molar-refractivity contribution in [2.75, 3.05) is 6.54 Å². The minimum absolute atomic E-state index is 0.121. The Bertz CT molecular complexity index is 435. The normalized spacial score (nSPS) is 32.4. The smallest absolute Gasteiger partial charge is 0.188 e. The maximum absolute atomic E-state index is 10.3. The lowest BCUT2D eigenvalue weighted by atomic mass is 9.78. The number of aliphatic hydroxyl groups excluding tert-OH is 1. The number of rotatable bonds is 3. The molecular weight excluding hydrogens is 254 g/mol. The van der Waals surface area contributed by atoms with Crippen LogP contribution in [0.2, 0.25) is 0 Å². The number of hydrogen-bond acceptors (Lipinski definition) is 5. The molecule has 0 aromatic carbocycles. The molecule has 1 aliphatic carbocycles. The van der Waals surface area contributed by atoms with Crippen LogP contribution < -0.4 is 0 Å². The summed E-state index contributed by atoms with van der Waals surface area (Å²) in [5.74, 6) is 1.23. The first-order valence-corrected chi connectivity index (χ1v) is 7.89. The van der Waals surface area contributed by atoms with Gasteiger partial charge in [0, 0.05) is 12.0 Å². The molecule has 1 saturated heterocycles. The summed E-state index contributed by atoms with van der Waals surface area (Å²) in [6, 6.07) is 0.489. The number of aromatic nitrogens is 4. The number of aryl methyl sites for hydroxylation is 1. The summed E-state index contributed by atoms with van der Waals surface area (Å²) in [7, 11) is 1.80. The zero-order valence-electron chi connectivity index (χ0n) is 12.3. The van der Waals surface area contributed by atoms with Crippen LogP contribution in [0.25, 0.3) is 0 Å². The van der Waals surface area contributed by atoms with E-state index >= 15 is 0 Å². The van der Waals surface area contributed by atoms with Crippen molar-refractivity contribution in [1.82, 2.24) is 25.1 Å². The van der Waals surface area contributed by atoms with Crippen LogP contribution in [-0.2, 0) is 13.6 Å². The highest BCUT2D eigenvalue weighted by Crippen LogP contribution is 2.34. The van der Waals surface area contributed by atoms with Crippen LogP contribution >= 0.6 is 0 Å². The maximum Gasteiger partial charge on any atom is 0.188 e. The van der Waals surface area contributed by atoms with Gasteiger partial charge in [0.2, 0.25) is 0 Å².